The van der Waals surface area contributed by atoms with E-state index in [9.17, 15) is 4.79 Å². The van der Waals surface area contributed by atoms with Gasteiger partial charge in [-0.3, -0.25) is 4.79 Å². The Morgan fingerprint density at radius 2 is 2.38 bits per heavy atom. The van der Waals surface area contributed by atoms with Gasteiger partial charge in [0, 0.05) is 5.92 Å². The number of carbonyl (C=O) groups is 1. The van der Waals surface area contributed by atoms with Crippen molar-refractivity contribution < 1.29 is 9.53 Å². The highest BCUT2D eigenvalue weighted by Gasteiger charge is 2.49. The molecule has 2 aliphatic rings. The fourth-order valence-electron chi connectivity index (χ4n) is 1.97. The SMILES string of the molecule is CC(C(=O)[C@@]1(C)CO1)C1=CCCC1. The first kappa shape index (κ1) is 8.95. The number of Topliss-reactive ketones (excluding diaryl/α,β-unsaturated/α-hetero) is 1. The lowest BCUT2D eigenvalue weighted by Crippen LogP contribution is -2.27. The van der Waals surface area contributed by atoms with Crippen LogP contribution in [0.1, 0.15) is 33.1 Å². The molecule has 0 saturated carbocycles. The van der Waals surface area contributed by atoms with Gasteiger partial charge in [-0.1, -0.05) is 18.6 Å². The first-order valence-electron chi connectivity index (χ1n) is 5.01. The van der Waals surface area contributed by atoms with E-state index in [-0.39, 0.29) is 11.7 Å². The lowest BCUT2D eigenvalue weighted by Gasteiger charge is -2.13. The second-order valence-electron chi connectivity index (χ2n) is 4.28. The lowest BCUT2D eigenvalue weighted by atomic mass is 9.89. The minimum atomic E-state index is -0.442. The van der Waals surface area contributed by atoms with Gasteiger partial charge >= 0.3 is 0 Å². The van der Waals surface area contributed by atoms with E-state index in [0.717, 1.165) is 12.8 Å². The van der Waals surface area contributed by atoms with E-state index < -0.39 is 5.60 Å². The highest BCUT2D eigenvalue weighted by atomic mass is 16.6. The van der Waals surface area contributed by atoms with Gasteiger partial charge in [0.15, 0.2) is 5.78 Å². The number of hydrogen-bond donors (Lipinski definition) is 0. The highest BCUT2D eigenvalue weighted by Crippen LogP contribution is 2.35. The zero-order valence-corrected chi connectivity index (χ0v) is 8.30. The van der Waals surface area contributed by atoms with Crippen LogP contribution in [0.25, 0.3) is 0 Å². The molecule has 1 aliphatic carbocycles. The summed E-state index contributed by atoms with van der Waals surface area (Å²) in [4.78, 5) is 11.8. The van der Waals surface area contributed by atoms with Crippen LogP contribution in [0.3, 0.4) is 0 Å². The quantitative estimate of drug-likeness (QED) is 0.491. The summed E-state index contributed by atoms with van der Waals surface area (Å²) >= 11 is 0. The van der Waals surface area contributed by atoms with Crippen molar-refractivity contribution in [1.82, 2.24) is 0 Å². The number of hydrogen-bond acceptors (Lipinski definition) is 2. The maximum Gasteiger partial charge on any atom is 0.173 e. The molecule has 1 saturated heterocycles. The van der Waals surface area contributed by atoms with Crippen LogP contribution in [-0.2, 0) is 9.53 Å². The van der Waals surface area contributed by atoms with Crippen LogP contribution in [-0.4, -0.2) is 18.0 Å². The molecular formula is C11H16O2. The zero-order chi connectivity index (χ0) is 9.47. The van der Waals surface area contributed by atoms with E-state index in [1.165, 1.54) is 12.0 Å². The minimum absolute atomic E-state index is 0.0787. The van der Waals surface area contributed by atoms with Crippen LogP contribution < -0.4 is 0 Å². The molecule has 1 aliphatic heterocycles. The molecule has 0 spiro atoms. The van der Waals surface area contributed by atoms with Crippen molar-refractivity contribution in [2.45, 2.75) is 38.7 Å². The summed E-state index contributed by atoms with van der Waals surface area (Å²) in [5.41, 5.74) is 0.879. The van der Waals surface area contributed by atoms with E-state index in [4.69, 9.17) is 4.74 Å². The fourth-order valence-corrected chi connectivity index (χ4v) is 1.97. The van der Waals surface area contributed by atoms with E-state index in [0.29, 0.717) is 6.61 Å². The molecule has 0 aromatic rings. The maximum atomic E-state index is 11.8. The average Bonchev–Trinajstić information content (AvgIpc) is 2.71. The summed E-state index contributed by atoms with van der Waals surface area (Å²) in [7, 11) is 0. The van der Waals surface area contributed by atoms with Gasteiger partial charge in [-0.15, -0.1) is 0 Å². The third-order valence-corrected chi connectivity index (χ3v) is 3.12. The smallest absolute Gasteiger partial charge is 0.173 e. The Morgan fingerprint density at radius 1 is 1.69 bits per heavy atom. The third-order valence-electron chi connectivity index (χ3n) is 3.12. The van der Waals surface area contributed by atoms with Crippen LogP contribution in [0, 0.1) is 5.92 Å². The molecule has 1 unspecified atom stereocenters. The summed E-state index contributed by atoms with van der Waals surface area (Å²) in [6, 6.07) is 0. The fraction of sp³-hybridized carbons (Fsp3) is 0.727. The van der Waals surface area contributed by atoms with E-state index >= 15 is 0 Å². The molecular weight excluding hydrogens is 164 g/mol. The molecule has 1 heterocycles. The molecule has 0 radical (unpaired) electrons. The molecule has 2 rings (SSSR count). The van der Waals surface area contributed by atoms with Crippen LogP contribution in [0.2, 0.25) is 0 Å². The van der Waals surface area contributed by atoms with Gasteiger partial charge in [0.2, 0.25) is 0 Å². The monoisotopic (exact) mass is 180 g/mol. The molecule has 0 aromatic carbocycles. The van der Waals surface area contributed by atoms with Gasteiger partial charge < -0.3 is 4.74 Å². The van der Waals surface area contributed by atoms with E-state index in [2.05, 4.69) is 6.08 Å². The van der Waals surface area contributed by atoms with Crippen molar-refractivity contribution in [1.29, 1.82) is 0 Å². The number of allylic oxidation sites excluding steroid dienone is 2. The van der Waals surface area contributed by atoms with E-state index in [1.54, 1.807) is 0 Å². The maximum absolute atomic E-state index is 11.8. The molecule has 0 N–H and O–H groups in total. The highest BCUT2D eigenvalue weighted by molar-refractivity contribution is 5.93. The van der Waals surface area contributed by atoms with Crippen molar-refractivity contribution in [2.75, 3.05) is 6.61 Å². The first-order valence-corrected chi connectivity index (χ1v) is 5.01. The second kappa shape index (κ2) is 2.95. The van der Waals surface area contributed by atoms with Crippen LogP contribution in [0.15, 0.2) is 11.6 Å². The summed E-state index contributed by atoms with van der Waals surface area (Å²) < 4.78 is 5.16. The largest absolute Gasteiger partial charge is 0.362 e. The van der Waals surface area contributed by atoms with Crippen LogP contribution in [0.4, 0.5) is 0 Å². The number of rotatable bonds is 3. The first-order chi connectivity index (χ1) is 6.13. The average molecular weight is 180 g/mol. The zero-order valence-electron chi connectivity index (χ0n) is 8.30. The summed E-state index contributed by atoms with van der Waals surface area (Å²) in [5, 5.41) is 0. The topological polar surface area (TPSA) is 29.6 Å². The minimum Gasteiger partial charge on any atom is -0.362 e. The van der Waals surface area contributed by atoms with Gasteiger partial charge in [0.25, 0.3) is 0 Å². The Hall–Kier alpha value is -0.630. The predicted molar refractivity (Wildman–Crippen MR) is 50.5 cm³/mol. The molecule has 1 fully saturated rings. The van der Waals surface area contributed by atoms with Gasteiger partial charge in [0.1, 0.15) is 5.60 Å². The van der Waals surface area contributed by atoms with Crippen molar-refractivity contribution in [3.63, 3.8) is 0 Å². The molecule has 13 heavy (non-hydrogen) atoms. The van der Waals surface area contributed by atoms with Gasteiger partial charge in [-0.05, 0) is 26.2 Å². The van der Waals surface area contributed by atoms with Crippen LogP contribution >= 0.6 is 0 Å². The molecule has 2 nitrogen and oxygen atoms in total. The van der Waals surface area contributed by atoms with Crippen molar-refractivity contribution >= 4 is 5.78 Å². The Labute approximate surface area is 79.0 Å². The van der Waals surface area contributed by atoms with Gasteiger partial charge in [-0.25, -0.2) is 0 Å². The molecule has 0 aromatic heterocycles. The predicted octanol–water partition coefficient (Wildman–Crippen LogP) is 2.09. The van der Waals surface area contributed by atoms with Crippen LogP contribution in [0.5, 0.6) is 0 Å². The Morgan fingerprint density at radius 3 is 2.85 bits per heavy atom. The van der Waals surface area contributed by atoms with Crippen molar-refractivity contribution in [2.24, 2.45) is 5.92 Å². The normalized spacial score (nSPS) is 34.2. The lowest BCUT2D eigenvalue weighted by molar-refractivity contribution is -0.125. The van der Waals surface area contributed by atoms with Crippen molar-refractivity contribution in [3.05, 3.63) is 11.6 Å². The van der Waals surface area contributed by atoms with Gasteiger partial charge in [0.05, 0.1) is 6.61 Å². The number of epoxide rings is 1. The standard InChI is InChI=1S/C11H16O2/c1-8(9-5-3-4-6-9)10(12)11(2)7-13-11/h5,8H,3-4,6-7H2,1-2H3/t8?,11-/m1/s1. The number of ether oxygens (including phenoxy) is 1. The molecule has 0 bridgehead atoms. The number of ketones is 1. The van der Waals surface area contributed by atoms with E-state index in [1.807, 2.05) is 13.8 Å². The Balaban J connectivity index is 2.04. The second-order valence-corrected chi connectivity index (χ2v) is 4.28. The Kier molecular flexibility index (Phi) is 2.03. The third kappa shape index (κ3) is 1.55. The summed E-state index contributed by atoms with van der Waals surface area (Å²) in [5.74, 6) is 0.343. The van der Waals surface area contributed by atoms with Gasteiger partial charge in [-0.2, -0.15) is 0 Å². The molecule has 0 amide bonds. The number of carbonyl (C=O) groups excluding carboxylic acids is 1. The molecule has 2 atom stereocenters. The molecule has 72 valence electrons. The molecule has 2 heteroatoms. The van der Waals surface area contributed by atoms with Crippen molar-refractivity contribution in [3.8, 4) is 0 Å². The Bertz CT molecular complexity index is 261. The summed E-state index contributed by atoms with van der Waals surface area (Å²) in [6.07, 6.45) is 5.67. The summed E-state index contributed by atoms with van der Waals surface area (Å²) in [6.45, 7) is 4.51.